The van der Waals surface area contributed by atoms with E-state index in [0.717, 1.165) is 6.29 Å². The number of carbonyl (C=O) groups is 1. The van der Waals surface area contributed by atoms with Gasteiger partial charge in [-0.15, -0.1) is 0 Å². The van der Waals surface area contributed by atoms with E-state index in [1.807, 2.05) is 27.7 Å². The molecule has 0 spiro atoms. The van der Waals surface area contributed by atoms with Crippen LogP contribution < -0.4 is 0 Å². The van der Waals surface area contributed by atoms with E-state index in [4.69, 9.17) is 9.47 Å². The molecule has 1 atom stereocenters. The van der Waals surface area contributed by atoms with Gasteiger partial charge in [-0.25, -0.2) is 0 Å². The summed E-state index contributed by atoms with van der Waals surface area (Å²) >= 11 is 0. The van der Waals surface area contributed by atoms with Gasteiger partial charge in [-0.2, -0.15) is 0 Å². The number of hydrogen-bond donors (Lipinski definition) is 0. The van der Waals surface area contributed by atoms with E-state index >= 15 is 0 Å². The fraction of sp³-hybridized carbons (Fsp3) is 0.889. The maximum absolute atomic E-state index is 10.3. The standard InChI is InChI=1S/C9H16O3/c1-8(2)7(5-6-10)11-9(3,4)12-8/h6-7H,5H2,1-4H3. The van der Waals surface area contributed by atoms with E-state index in [1.54, 1.807) is 0 Å². The Morgan fingerprint density at radius 1 is 1.33 bits per heavy atom. The zero-order valence-corrected chi connectivity index (χ0v) is 8.09. The molecule has 0 aromatic rings. The van der Waals surface area contributed by atoms with Gasteiger partial charge in [0.25, 0.3) is 0 Å². The fourth-order valence-corrected chi connectivity index (χ4v) is 1.63. The zero-order valence-electron chi connectivity index (χ0n) is 8.09. The summed E-state index contributed by atoms with van der Waals surface area (Å²) in [5.41, 5.74) is -0.357. The van der Waals surface area contributed by atoms with Crippen LogP contribution in [0.15, 0.2) is 0 Å². The van der Waals surface area contributed by atoms with Gasteiger partial charge in [-0.3, -0.25) is 0 Å². The first-order valence-electron chi connectivity index (χ1n) is 4.19. The van der Waals surface area contributed by atoms with E-state index < -0.39 is 5.79 Å². The van der Waals surface area contributed by atoms with Crippen LogP contribution in [0.5, 0.6) is 0 Å². The van der Waals surface area contributed by atoms with Crippen molar-refractivity contribution in [3.05, 3.63) is 0 Å². The number of carbonyl (C=O) groups excluding carboxylic acids is 1. The second-order valence-electron chi connectivity index (χ2n) is 4.11. The van der Waals surface area contributed by atoms with E-state index in [2.05, 4.69) is 0 Å². The predicted octanol–water partition coefficient (Wildman–Crippen LogP) is 1.51. The van der Waals surface area contributed by atoms with E-state index in [0.29, 0.717) is 6.42 Å². The minimum absolute atomic E-state index is 0.120. The summed E-state index contributed by atoms with van der Waals surface area (Å²) in [6, 6.07) is 0. The molecule has 0 aromatic carbocycles. The summed E-state index contributed by atoms with van der Waals surface area (Å²) in [7, 11) is 0. The van der Waals surface area contributed by atoms with Crippen molar-refractivity contribution in [3.8, 4) is 0 Å². The molecular weight excluding hydrogens is 156 g/mol. The monoisotopic (exact) mass is 172 g/mol. The lowest BCUT2D eigenvalue weighted by Gasteiger charge is -2.22. The maximum Gasteiger partial charge on any atom is 0.164 e. The van der Waals surface area contributed by atoms with Crippen LogP contribution in [0.25, 0.3) is 0 Å². The van der Waals surface area contributed by atoms with E-state index in [1.165, 1.54) is 0 Å². The molecular formula is C9H16O3. The molecule has 0 amide bonds. The summed E-state index contributed by atoms with van der Waals surface area (Å²) < 4.78 is 11.2. The van der Waals surface area contributed by atoms with Crippen molar-refractivity contribution in [1.82, 2.24) is 0 Å². The van der Waals surface area contributed by atoms with Gasteiger partial charge < -0.3 is 14.3 Å². The van der Waals surface area contributed by atoms with Gasteiger partial charge in [0.1, 0.15) is 6.29 Å². The summed E-state index contributed by atoms with van der Waals surface area (Å²) in [5.74, 6) is -0.558. The molecule has 12 heavy (non-hydrogen) atoms. The van der Waals surface area contributed by atoms with Crippen molar-refractivity contribution < 1.29 is 14.3 Å². The second kappa shape index (κ2) is 2.82. The number of hydrogen-bond acceptors (Lipinski definition) is 3. The van der Waals surface area contributed by atoms with Crippen molar-refractivity contribution in [1.29, 1.82) is 0 Å². The second-order valence-corrected chi connectivity index (χ2v) is 4.11. The lowest BCUT2D eigenvalue weighted by molar-refractivity contribution is -0.157. The molecule has 0 aliphatic carbocycles. The van der Waals surface area contributed by atoms with Crippen molar-refractivity contribution in [2.75, 3.05) is 0 Å². The van der Waals surface area contributed by atoms with Crippen LogP contribution in [0, 0.1) is 0 Å². The van der Waals surface area contributed by atoms with Crippen molar-refractivity contribution >= 4 is 6.29 Å². The molecule has 3 nitrogen and oxygen atoms in total. The highest BCUT2D eigenvalue weighted by molar-refractivity contribution is 5.50. The molecule has 1 fully saturated rings. The lowest BCUT2D eigenvalue weighted by Crippen LogP contribution is -2.33. The highest BCUT2D eigenvalue weighted by Crippen LogP contribution is 2.36. The molecule has 0 aromatic heterocycles. The molecule has 3 heteroatoms. The van der Waals surface area contributed by atoms with Crippen LogP contribution in [-0.4, -0.2) is 23.8 Å². The molecule has 1 heterocycles. The van der Waals surface area contributed by atoms with Gasteiger partial charge >= 0.3 is 0 Å². The Hall–Kier alpha value is -0.410. The minimum atomic E-state index is -0.558. The summed E-state index contributed by atoms with van der Waals surface area (Å²) in [6.07, 6.45) is 1.15. The van der Waals surface area contributed by atoms with Gasteiger partial charge in [0.15, 0.2) is 5.79 Å². The first kappa shape index (κ1) is 9.68. The van der Waals surface area contributed by atoms with Gasteiger partial charge in [0, 0.05) is 6.42 Å². The maximum atomic E-state index is 10.3. The Morgan fingerprint density at radius 3 is 2.25 bits per heavy atom. The first-order chi connectivity index (χ1) is 5.37. The molecule has 1 saturated heterocycles. The molecule has 0 radical (unpaired) electrons. The zero-order chi connectivity index (χ0) is 9.41. The first-order valence-corrected chi connectivity index (χ1v) is 4.19. The molecule has 1 aliphatic heterocycles. The average molecular weight is 172 g/mol. The fourth-order valence-electron chi connectivity index (χ4n) is 1.63. The quantitative estimate of drug-likeness (QED) is 0.592. The normalized spacial score (nSPS) is 31.8. The van der Waals surface area contributed by atoms with Crippen molar-refractivity contribution in [2.45, 2.75) is 51.6 Å². The minimum Gasteiger partial charge on any atom is -0.344 e. The van der Waals surface area contributed by atoms with Gasteiger partial charge in [-0.05, 0) is 27.7 Å². The Labute approximate surface area is 73.0 Å². The van der Waals surface area contributed by atoms with Gasteiger partial charge in [-0.1, -0.05) is 0 Å². The molecule has 1 rings (SSSR count). The topological polar surface area (TPSA) is 35.5 Å². The Balaban J connectivity index is 2.70. The number of ether oxygens (including phenoxy) is 2. The van der Waals surface area contributed by atoms with Crippen molar-refractivity contribution in [2.24, 2.45) is 0 Å². The van der Waals surface area contributed by atoms with Crippen LogP contribution in [0.4, 0.5) is 0 Å². The lowest BCUT2D eigenvalue weighted by atomic mass is 10.0. The third-order valence-electron chi connectivity index (χ3n) is 2.02. The molecule has 0 saturated carbocycles. The van der Waals surface area contributed by atoms with Crippen LogP contribution in [0.3, 0.4) is 0 Å². The average Bonchev–Trinajstić information content (AvgIpc) is 2.01. The molecule has 70 valence electrons. The van der Waals surface area contributed by atoms with Crippen molar-refractivity contribution in [3.63, 3.8) is 0 Å². The Bertz CT molecular complexity index is 184. The summed E-state index contributed by atoms with van der Waals surface area (Å²) in [4.78, 5) is 10.3. The summed E-state index contributed by atoms with van der Waals surface area (Å²) in [5, 5.41) is 0. The number of aldehydes is 1. The molecule has 1 aliphatic rings. The smallest absolute Gasteiger partial charge is 0.164 e. The Morgan fingerprint density at radius 2 is 1.92 bits per heavy atom. The van der Waals surface area contributed by atoms with Gasteiger partial charge in [0.05, 0.1) is 11.7 Å². The van der Waals surface area contributed by atoms with Crippen LogP contribution in [0.2, 0.25) is 0 Å². The van der Waals surface area contributed by atoms with Crippen LogP contribution >= 0.6 is 0 Å². The van der Waals surface area contributed by atoms with E-state index in [9.17, 15) is 4.79 Å². The van der Waals surface area contributed by atoms with E-state index in [-0.39, 0.29) is 11.7 Å². The SMILES string of the molecule is CC1(C)OC(CC=O)C(C)(C)O1. The predicted molar refractivity (Wildman–Crippen MR) is 44.8 cm³/mol. The number of rotatable bonds is 2. The molecule has 0 bridgehead atoms. The third kappa shape index (κ3) is 1.84. The molecule has 0 N–H and O–H groups in total. The Kier molecular flexibility index (Phi) is 2.27. The van der Waals surface area contributed by atoms with Gasteiger partial charge in [0.2, 0.25) is 0 Å². The van der Waals surface area contributed by atoms with Crippen LogP contribution in [-0.2, 0) is 14.3 Å². The van der Waals surface area contributed by atoms with Crippen LogP contribution in [0.1, 0.15) is 34.1 Å². The molecule has 1 unspecified atom stereocenters. The highest BCUT2D eigenvalue weighted by atomic mass is 16.8. The summed E-state index contributed by atoms with van der Waals surface area (Å²) in [6.45, 7) is 7.60. The largest absolute Gasteiger partial charge is 0.344 e. The third-order valence-corrected chi connectivity index (χ3v) is 2.02. The highest BCUT2D eigenvalue weighted by Gasteiger charge is 2.46.